The van der Waals surface area contributed by atoms with Crippen molar-refractivity contribution in [2.24, 2.45) is 0 Å². The van der Waals surface area contributed by atoms with Crippen LogP contribution in [0.2, 0.25) is 0 Å². The zero-order valence-electron chi connectivity index (χ0n) is 7.75. The van der Waals surface area contributed by atoms with E-state index >= 15 is 0 Å². The molecule has 0 bridgehead atoms. The molecule has 1 aliphatic rings. The van der Waals surface area contributed by atoms with Gasteiger partial charge < -0.3 is 10.4 Å². The number of rotatable bonds is 3. The lowest BCUT2D eigenvalue weighted by atomic mass is 9.89. The van der Waals surface area contributed by atoms with Crippen LogP contribution in [-0.4, -0.2) is 27.4 Å². The monoisotopic (exact) mass is 181 g/mol. The number of nitrogens with one attached hydrogen (secondary N) is 2. The first-order valence-electron chi connectivity index (χ1n) is 4.67. The maximum absolute atomic E-state index is 9.32. The molecule has 4 nitrogen and oxygen atoms in total. The second kappa shape index (κ2) is 3.47. The Morgan fingerprint density at radius 2 is 2.54 bits per heavy atom. The number of aromatic amines is 1. The second-order valence-corrected chi connectivity index (χ2v) is 3.65. The smallest absolute Gasteiger partial charge is 0.0693 e. The summed E-state index contributed by atoms with van der Waals surface area (Å²) >= 11 is 0. The van der Waals surface area contributed by atoms with Crippen LogP contribution in [0.25, 0.3) is 0 Å². The van der Waals surface area contributed by atoms with Crippen molar-refractivity contribution in [3.8, 4) is 0 Å². The van der Waals surface area contributed by atoms with Gasteiger partial charge in [0.15, 0.2) is 0 Å². The Bertz CT molecular complexity index is 284. The van der Waals surface area contributed by atoms with E-state index in [1.54, 1.807) is 0 Å². The van der Waals surface area contributed by atoms with Gasteiger partial charge in [0.25, 0.3) is 0 Å². The molecule has 0 saturated heterocycles. The number of hydrogen-bond acceptors (Lipinski definition) is 3. The summed E-state index contributed by atoms with van der Waals surface area (Å²) in [5.74, 6) is 0. The number of H-pyrrole nitrogens is 1. The fraction of sp³-hybridized carbons (Fsp3) is 0.667. The van der Waals surface area contributed by atoms with Gasteiger partial charge in [0.05, 0.1) is 12.3 Å². The van der Waals surface area contributed by atoms with Crippen LogP contribution in [0.1, 0.15) is 24.1 Å². The van der Waals surface area contributed by atoms with Crippen molar-refractivity contribution in [2.45, 2.75) is 38.5 Å². The van der Waals surface area contributed by atoms with Gasteiger partial charge in [-0.1, -0.05) is 0 Å². The summed E-state index contributed by atoms with van der Waals surface area (Å²) in [7, 11) is 0. The van der Waals surface area contributed by atoms with Gasteiger partial charge in [-0.25, -0.2) is 0 Å². The quantitative estimate of drug-likeness (QED) is 0.630. The van der Waals surface area contributed by atoms with Crippen LogP contribution in [0.5, 0.6) is 0 Å². The highest BCUT2D eigenvalue weighted by Gasteiger charge is 2.27. The molecule has 1 heterocycles. The van der Waals surface area contributed by atoms with E-state index in [2.05, 4.69) is 15.5 Å². The van der Waals surface area contributed by atoms with E-state index in [0.717, 1.165) is 25.1 Å². The molecule has 1 fully saturated rings. The third kappa shape index (κ3) is 1.73. The van der Waals surface area contributed by atoms with E-state index in [-0.39, 0.29) is 12.1 Å². The van der Waals surface area contributed by atoms with Gasteiger partial charge in [0, 0.05) is 23.8 Å². The van der Waals surface area contributed by atoms with E-state index < -0.39 is 0 Å². The van der Waals surface area contributed by atoms with Gasteiger partial charge in [-0.15, -0.1) is 0 Å². The predicted molar refractivity (Wildman–Crippen MR) is 49.2 cm³/mol. The van der Waals surface area contributed by atoms with Crippen LogP contribution in [0.4, 0.5) is 0 Å². The Morgan fingerprint density at radius 3 is 3.00 bits per heavy atom. The zero-order chi connectivity index (χ0) is 9.26. The molecule has 0 aromatic carbocycles. The number of nitrogens with zero attached hydrogens (tertiary/aromatic N) is 1. The molecule has 1 saturated carbocycles. The Morgan fingerprint density at radius 1 is 1.69 bits per heavy atom. The van der Waals surface area contributed by atoms with Crippen LogP contribution in [-0.2, 0) is 6.54 Å². The lowest BCUT2D eigenvalue weighted by Gasteiger charge is -2.33. The molecule has 0 unspecified atom stereocenters. The van der Waals surface area contributed by atoms with Crippen molar-refractivity contribution < 1.29 is 5.11 Å². The minimum atomic E-state index is -0.146. The minimum absolute atomic E-state index is 0.146. The number of hydrogen-bond donors (Lipinski definition) is 3. The Hall–Kier alpha value is -0.870. The number of aryl methyl sites for hydroxylation is 1. The van der Waals surface area contributed by atoms with E-state index in [4.69, 9.17) is 0 Å². The molecule has 2 rings (SSSR count). The Balaban J connectivity index is 1.83. The maximum Gasteiger partial charge on any atom is 0.0693 e. The van der Waals surface area contributed by atoms with Gasteiger partial charge in [-0.2, -0.15) is 5.10 Å². The molecule has 0 amide bonds. The van der Waals surface area contributed by atoms with E-state index in [9.17, 15) is 5.11 Å². The molecule has 4 heteroatoms. The van der Waals surface area contributed by atoms with E-state index in [0.29, 0.717) is 0 Å². The number of aliphatic hydroxyl groups is 1. The topological polar surface area (TPSA) is 60.9 Å². The third-order valence-corrected chi connectivity index (χ3v) is 2.73. The summed E-state index contributed by atoms with van der Waals surface area (Å²) in [6, 6.07) is 0.286. The van der Waals surface area contributed by atoms with Crippen LogP contribution >= 0.6 is 0 Å². The van der Waals surface area contributed by atoms with Crippen molar-refractivity contribution in [2.75, 3.05) is 0 Å². The summed E-state index contributed by atoms with van der Waals surface area (Å²) in [6.45, 7) is 2.80. The second-order valence-electron chi connectivity index (χ2n) is 3.65. The fourth-order valence-corrected chi connectivity index (χ4v) is 1.52. The molecule has 0 aliphatic heterocycles. The first-order valence-corrected chi connectivity index (χ1v) is 4.67. The summed E-state index contributed by atoms with van der Waals surface area (Å²) in [4.78, 5) is 0. The molecular weight excluding hydrogens is 166 g/mol. The van der Waals surface area contributed by atoms with Crippen LogP contribution in [0.3, 0.4) is 0 Å². The van der Waals surface area contributed by atoms with Crippen molar-refractivity contribution in [3.63, 3.8) is 0 Å². The normalized spacial score (nSPS) is 27.2. The molecule has 1 aliphatic carbocycles. The maximum atomic E-state index is 9.32. The molecular formula is C9H15N3O. The molecule has 13 heavy (non-hydrogen) atoms. The average Bonchev–Trinajstić information content (AvgIpc) is 2.50. The summed E-state index contributed by atoms with van der Waals surface area (Å²) in [6.07, 6.45) is 3.69. The van der Waals surface area contributed by atoms with Crippen LogP contribution in [0, 0.1) is 6.92 Å². The first kappa shape index (κ1) is 8.72. The Kier molecular flexibility index (Phi) is 2.33. The molecule has 0 radical (unpaired) electrons. The first-order chi connectivity index (χ1) is 6.27. The lowest BCUT2D eigenvalue weighted by molar-refractivity contribution is 0.0492. The molecule has 1 aromatic heterocycles. The number of aromatic nitrogens is 2. The van der Waals surface area contributed by atoms with E-state index in [1.807, 2.05) is 13.1 Å². The SMILES string of the molecule is Cc1[nH]ncc1CN[C@@H]1CC[C@H]1O. The minimum Gasteiger partial charge on any atom is -0.392 e. The molecule has 3 N–H and O–H groups in total. The predicted octanol–water partition coefficient (Wildman–Crippen LogP) is 0.331. The highest BCUT2D eigenvalue weighted by molar-refractivity contribution is 5.14. The third-order valence-electron chi connectivity index (χ3n) is 2.73. The summed E-state index contributed by atoms with van der Waals surface area (Å²) in [5.41, 5.74) is 2.28. The van der Waals surface area contributed by atoms with Crippen molar-refractivity contribution in [1.82, 2.24) is 15.5 Å². The van der Waals surface area contributed by atoms with Crippen LogP contribution in [0.15, 0.2) is 6.20 Å². The van der Waals surface area contributed by atoms with Gasteiger partial charge in [-0.05, 0) is 19.8 Å². The Labute approximate surface area is 77.4 Å². The summed E-state index contributed by atoms with van der Waals surface area (Å²) < 4.78 is 0. The fourth-order valence-electron chi connectivity index (χ4n) is 1.52. The highest BCUT2D eigenvalue weighted by Crippen LogP contribution is 2.19. The summed E-state index contributed by atoms with van der Waals surface area (Å²) in [5, 5.41) is 19.4. The van der Waals surface area contributed by atoms with Gasteiger partial charge in [0.2, 0.25) is 0 Å². The van der Waals surface area contributed by atoms with Gasteiger partial charge in [0.1, 0.15) is 0 Å². The van der Waals surface area contributed by atoms with Gasteiger partial charge in [-0.3, -0.25) is 5.10 Å². The molecule has 1 aromatic rings. The zero-order valence-corrected chi connectivity index (χ0v) is 7.75. The largest absolute Gasteiger partial charge is 0.392 e. The highest BCUT2D eigenvalue weighted by atomic mass is 16.3. The lowest BCUT2D eigenvalue weighted by Crippen LogP contribution is -2.47. The van der Waals surface area contributed by atoms with Crippen molar-refractivity contribution in [3.05, 3.63) is 17.5 Å². The molecule has 0 spiro atoms. The average molecular weight is 181 g/mol. The standard InChI is InChI=1S/C9H15N3O/c1-6-7(5-11-12-6)4-10-8-2-3-9(8)13/h5,8-10,13H,2-4H2,1H3,(H,11,12)/t8-,9-/m1/s1. The molecule has 2 atom stereocenters. The van der Waals surface area contributed by atoms with E-state index in [1.165, 1.54) is 5.56 Å². The molecule has 72 valence electrons. The van der Waals surface area contributed by atoms with Crippen LogP contribution < -0.4 is 5.32 Å². The van der Waals surface area contributed by atoms with Gasteiger partial charge >= 0.3 is 0 Å². The van der Waals surface area contributed by atoms with Crippen molar-refractivity contribution in [1.29, 1.82) is 0 Å². The number of aliphatic hydroxyl groups excluding tert-OH is 1. The van der Waals surface area contributed by atoms with Crippen molar-refractivity contribution >= 4 is 0 Å².